The zero-order valence-corrected chi connectivity index (χ0v) is 24.8. The summed E-state index contributed by atoms with van der Waals surface area (Å²) in [6.07, 6.45) is 2.25. The molecule has 0 amide bonds. The van der Waals surface area contributed by atoms with Crippen LogP contribution in [0.15, 0.2) is 36.4 Å². The molecule has 0 radical (unpaired) electrons. The molecule has 1 aliphatic rings. The van der Waals surface area contributed by atoms with Crippen LogP contribution in [0.4, 0.5) is 0 Å². The second kappa shape index (κ2) is 11.8. The molecule has 192 valence electrons. The molecule has 3 rings (SSSR count). The number of carbonyl (C=O) groups is 1. The molecule has 0 saturated carbocycles. The lowest BCUT2D eigenvalue weighted by molar-refractivity contribution is -0.105. The highest BCUT2D eigenvalue weighted by molar-refractivity contribution is 14.1. The van der Waals surface area contributed by atoms with Crippen LogP contribution < -0.4 is 9.47 Å². The normalized spacial score (nSPS) is 17.6. The highest BCUT2D eigenvalue weighted by Crippen LogP contribution is 2.39. The van der Waals surface area contributed by atoms with Gasteiger partial charge in [0.05, 0.1) is 27.4 Å². The van der Waals surface area contributed by atoms with Gasteiger partial charge in [0.15, 0.2) is 14.6 Å². The molecule has 0 spiro atoms. The van der Waals surface area contributed by atoms with Gasteiger partial charge in [-0.2, -0.15) is 0 Å². The summed E-state index contributed by atoms with van der Waals surface area (Å²) in [7, 11) is -2.06. The lowest BCUT2D eigenvalue weighted by atomic mass is 10.1. The number of halogens is 2. The standard InChI is InChI=1S/C26H34ClIO6Si/c1-26(2,3)35(4,5)32-16-23(34-22-12-9-17(25(29)30)14-21(22)28)19-11-10-18(15-20(19)27)33-24-8-6-7-13-31-24/h9-12,14-15,23-24H,6-8,13,16H2,1-5H3,(H,29,30). The van der Waals surface area contributed by atoms with E-state index >= 15 is 0 Å². The fourth-order valence-electron chi connectivity index (χ4n) is 3.37. The number of hydrogen-bond acceptors (Lipinski definition) is 5. The smallest absolute Gasteiger partial charge is 0.335 e. The Hall–Kier alpha value is -1.33. The number of carboxylic acid groups (broad SMARTS) is 1. The van der Waals surface area contributed by atoms with Gasteiger partial charge >= 0.3 is 5.97 Å². The van der Waals surface area contributed by atoms with Crippen molar-refractivity contribution in [3.63, 3.8) is 0 Å². The van der Waals surface area contributed by atoms with Gasteiger partial charge in [0.25, 0.3) is 0 Å². The largest absolute Gasteiger partial charge is 0.482 e. The van der Waals surface area contributed by atoms with Crippen LogP contribution in [0.2, 0.25) is 23.2 Å². The van der Waals surface area contributed by atoms with Crippen molar-refractivity contribution in [2.45, 2.75) is 70.6 Å². The van der Waals surface area contributed by atoms with Gasteiger partial charge in [0.1, 0.15) is 17.6 Å². The van der Waals surface area contributed by atoms with Crippen LogP contribution in [-0.4, -0.2) is 38.9 Å². The van der Waals surface area contributed by atoms with Gasteiger partial charge in [-0.05, 0) is 83.9 Å². The molecule has 6 nitrogen and oxygen atoms in total. The Morgan fingerprint density at radius 2 is 1.97 bits per heavy atom. The van der Waals surface area contributed by atoms with E-state index in [1.165, 1.54) is 6.07 Å². The zero-order valence-electron chi connectivity index (χ0n) is 20.9. The van der Waals surface area contributed by atoms with E-state index in [2.05, 4.69) is 56.5 Å². The number of aromatic carboxylic acids is 1. The molecule has 2 aromatic carbocycles. The fraction of sp³-hybridized carbons (Fsp3) is 0.500. The summed E-state index contributed by atoms with van der Waals surface area (Å²) in [4.78, 5) is 11.3. The minimum Gasteiger partial charge on any atom is -0.482 e. The third-order valence-corrected chi connectivity index (χ3v) is 12.2. The van der Waals surface area contributed by atoms with Crippen LogP contribution in [-0.2, 0) is 9.16 Å². The van der Waals surface area contributed by atoms with Crippen molar-refractivity contribution in [3.05, 3.63) is 56.1 Å². The molecule has 1 aliphatic heterocycles. The second-order valence-corrected chi connectivity index (χ2v) is 16.6. The number of benzene rings is 2. The van der Waals surface area contributed by atoms with Gasteiger partial charge in [-0.25, -0.2) is 4.79 Å². The summed E-state index contributed by atoms with van der Waals surface area (Å²) in [6, 6.07) is 10.4. The van der Waals surface area contributed by atoms with E-state index in [0.29, 0.717) is 33.3 Å². The van der Waals surface area contributed by atoms with E-state index < -0.39 is 20.4 Å². The van der Waals surface area contributed by atoms with Crippen LogP contribution in [0, 0.1) is 3.57 Å². The number of hydrogen-bond donors (Lipinski definition) is 1. The molecule has 35 heavy (non-hydrogen) atoms. The molecule has 1 heterocycles. The molecular formula is C26H34ClIO6Si. The van der Waals surface area contributed by atoms with Crippen LogP contribution in [0.3, 0.4) is 0 Å². The number of carboxylic acids is 1. The van der Waals surface area contributed by atoms with Gasteiger partial charge in [-0.15, -0.1) is 0 Å². The SMILES string of the molecule is CC(C)(C)[Si](C)(C)OCC(Oc1ccc(C(=O)O)cc1I)c1ccc(OC2CCCCO2)cc1Cl. The van der Waals surface area contributed by atoms with Crippen LogP contribution in [0.25, 0.3) is 0 Å². The third kappa shape index (κ3) is 7.58. The van der Waals surface area contributed by atoms with Crippen molar-refractivity contribution in [2.75, 3.05) is 13.2 Å². The Kier molecular flexibility index (Phi) is 9.53. The predicted molar refractivity (Wildman–Crippen MR) is 148 cm³/mol. The Labute approximate surface area is 227 Å². The first kappa shape index (κ1) is 28.2. The summed E-state index contributed by atoms with van der Waals surface area (Å²) >= 11 is 8.82. The monoisotopic (exact) mass is 632 g/mol. The molecule has 2 aromatic rings. The van der Waals surface area contributed by atoms with E-state index in [-0.39, 0.29) is 16.9 Å². The third-order valence-electron chi connectivity index (χ3n) is 6.57. The van der Waals surface area contributed by atoms with E-state index in [4.69, 9.17) is 30.2 Å². The van der Waals surface area contributed by atoms with Gasteiger partial charge in [0.2, 0.25) is 0 Å². The van der Waals surface area contributed by atoms with Gasteiger partial charge in [-0.1, -0.05) is 38.4 Å². The lowest BCUT2D eigenvalue weighted by Gasteiger charge is -2.37. The predicted octanol–water partition coefficient (Wildman–Crippen LogP) is 7.69. The molecule has 2 atom stereocenters. The first-order valence-corrected chi connectivity index (χ1v) is 16.1. The Morgan fingerprint density at radius 1 is 1.23 bits per heavy atom. The van der Waals surface area contributed by atoms with Gasteiger partial charge in [0, 0.05) is 12.0 Å². The second-order valence-electron chi connectivity index (χ2n) is 10.2. The lowest BCUT2D eigenvalue weighted by Crippen LogP contribution is -2.42. The van der Waals surface area contributed by atoms with Gasteiger partial charge < -0.3 is 23.7 Å². The van der Waals surface area contributed by atoms with Crippen LogP contribution >= 0.6 is 34.2 Å². The minimum absolute atomic E-state index is 0.0383. The Bertz CT molecular complexity index is 1030. The van der Waals surface area contributed by atoms with Crippen molar-refractivity contribution in [2.24, 2.45) is 0 Å². The van der Waals surface area contributed by atoms with Crippen LogP contribution in [0.5, 0.6) is 11.5 Å². The van der Waals surface area contributed by atoms with Crippen molar-refractivity contribution in [3.8, 4) is 11.5 Å². The maximum absolute atomic E-state index is 11.3. The first-order valence-electron chi connectivity index (χ1n) is 11.8. The average Bonchev–Trinajstić information content (AvgIpc) is 2.78. The Morgan fingerprint density at radius 3 is 2.54 bits per heavy atom. The molecule has 0 bridgehead atoms. The summed E-state index contributed by atoms with van der Waals surface area (Å²) in [6.45, 7) is 12.0. The molecule has 0 aliphatic carbocycles. The Balaban J connectivity index is 1.86. The average molecular weight is 633 g/mol. The zero-order chi connectivity index (χ0) is 25.8. The molecule has 1 saturated heterocycles. The van der Waals surface area contributed by atoms with E-state index in [1.807, 2.05) is 12.1 Å². The molecule has 1 N–H and O–H groups in total. The molecule has 2 unspecified atom stereocenters. The summed E-state index contributed by atoms with van der Waals surface area (Å²) in [5, 5.41) is 9.84. The number of rotatable bonds is 9. The molecular weight excluding hydrogens is 599 g/mol. The molecule has 1 fully saturated rings. The van der Waals surface area contributed by atoms with Crippen LogP contribution in [0.1, 0.15) is 62.1 Å². The first-order chi connectivity index (χ1) is 16.4. The summed E-state index contributed by atoms with van der Waals surface area (Å²) in [5.41, 5.74) is 0.987. The van der Waals surface area contributed by atoms with E-state index in [0.717, 1.165) is 24.8 Å². The van der Waals surface area contributed by atoms with Crippen molar-refractivity contribution < 1.29 is 28.5 Å². The topological polar surface area (TPSA) is 74.2 Å². The van der Waals surface area contributed by atoms with E-state index in [9.17, 15) is 9.90 Å². The maximum atomic E-state index is 11.3. The minimum atomic E-state index is -2.06. The maximum Gasteiger partial charge on any atom is 0.335 e. The van der Waals surface area contributed by atoms with E-state index in [1.54, 1.807) is 18.2 Å². The number of ether oxygens (including phenoxy) is 3. The quantitative estimate of drug-likeness (QED) is 0.226. The van der Waals surface area contributed by atoms with Gasteiger partial charge in [-0.3, -0.25) is 0 Å². The van der Waals surface area contributed by atoms with Crippen molar-refractivity contribution in [1.29, 1.82) is 0 Å². The highest BCUT2D eigenvalue weighted by Gasteiger charge is 2.38. The molecule has 9 heteroatoms. The van der Waals surface area contributed by atoms with Crippen molar-refractivity contribution >= 4 is 48.5 Å². The fourth-order valence-corrected chi connectivity index (χ4v) is 5.30. The summed E-state index contributed by atoms with van der Waals surface area (Å²) in [5.74, 6) is 0.245. The van der Waals surface area contributed by atoms with Crippen molar-refractivity contribution in [1.82, 2.24) is 0 Å². The summed E-state index contributed by atoms with van der Waals surface area (Å²) < 4.78 is 25.2. The highest BCUT2D eigenvalue weighted by atomic mass is 127. The molecule has 0 aromatic heterocycles.